The van der Waals surface area contributed by atoms with Crippen LogP contribution in [0.3, 0.4) is 0 Å². The van der Waals surface area contributed by atoms with Gasteiger partial charge in [-0.3, -0.25) is 4.98 Å². The molecule has 108 valence electrons. The number of rotatable bonds is 5. The molecule has 1 N–H and O–H groups in total. The molecule has 0 fully saturated rings. The lowest BCUT2D eigenvalue weighted by Gasteiger charge is -2.19. The summed E-state index contributed by atoms with van der Waals surface area (Å²) in [5, 5.41) is 17.6. The molecule has 0 unspecified atom stereocenters. The predicted molar refractivity (Wildman–Crippen MR) is 77.4 cm³/mol. The molecule has 5 nitrogen and oxygen atoms in total. The maximum absolute atomic E-state index is 9.30. The Hall–Kier alpha value is -1.75. The molecular formula is C15H22N4O. The van der Waals surface area contributed by atoms with Crippen LogP contribution in [-0.4, -0.2) is 31.7 Å². The second-order valence-electron chi connectivity index (χ2n) is 6.10. The van der Waals surface area contributed by atoms with Gasteiger partial charge in [0.25, 0.3) is 0 Å². The van der Waals surface area contributed by atoms with E-state index in [1.165, 1.54) is 0 Å². The molecule has 2 aromatic rings. The highest BCUT2D eigenvalue weighted by Crippen LogP contribution is 2.19. The molecule has 2 rings (SSSR count). The summed E-state index contributed by atoms with van der Waals surface area (Å²) >= 11 is 0. The van der Waals surface area contributed by atoms with Crippen LogP contribution >= 0.6 is 0 Å². The third kappa shape index (κ3) is 3.63. The zero-order valence-corrected chi connectivity index (χ0v) is 12.6. The summed E-state index contributed by atoms with van der Waals surface area (Å²) < 4.78 is 1.82. The van der Waals surface area contributed by atoms with Crippen LogP contribution in [0, 0.1) is 19.3 Å². The van der Waals surface area contributed by atoms with E-state index in [0.29, 0.717) is 13.0 Å². The summed E-state index contributed by atoms with van der Waals surface area (Å²) in [4.78, 5) is 4.45. The molecule has 0 aromatic carbocycles. The number of aryl methyl sites for hydroxylation is 2. The Morgan fingerprint density at radius 3 is 2.65 bits per heavy atom. The minimum absolute atomic E-state index is 0.140. The predicted octanol–water partition coefficient (Wildman–Crippen LogP) is 1.90. The Kier molecular flexibility index (Phi) is 4.18. The Balaban J connectivity index is 2.10. The second kappa shape index (κ2) is 5.71. The van der Waals surface area contributed by atoms with E-state index < -0.39 is 0 Å². The molecule has 0 aliphatic heterocycles. The molecule has 0 amide bonds. The van der Waals surface area contributed by atoms with Gasteiger partial charge < -0.3 is 5.11 Å². The first kappa shape index (κ1) is 14.7. The lowest BCUT2D eigenvalue weighted by Crippen LogP contribution is -2.19. The number of pyridine rings is 1. The van der Waals surface area contributed by atoms with Gasteiger partial charge in [0.2, 0.25) is 0 Å². The van der Waals surface area contributed by atoms with E-state index in [1.54, 1.807) is 0 Å². The maximum Gasteiger partial charge on any atom is 0.0833 e. The van der Waals surface area contributed by atoms with Gasteiger partial charge in [-0.2, -0.15) is 0 Å². The van der Waals surface area contributed by atoms with Crippen molar-refractivity contribution in [3.63, 3.8) is 0 Å². The Morgan fingerprint density at radius 2 is 2.00 bits per heavy atom. The van der Waals surface area contributed by atoms with Crippen LogP contribution in [-0.2, 0) is 13.0 Å². The second-order valence-corrected chi connectivity index (χ2v) is 6.10. The lowest BCUT2D eigenvalue weighted by molar-refractivity contribution is 0.158. The number of aromatic nitrogens is 4. The van der Waals surface area contributed by atoms with E-state index in [0.717, 1.165) is 22.6 Å². The van der Waals surface area contributed by atoms with Crippen LogP contribution in [0.4, 0.5) is 0 Å². The fourth-order valence-electron chi connectivity index (χ4n) is 2.10. The van der Waals surface area contributed by atoms with Crippen molar-refractivity contribution in [3.05, 3.63) is 41.0 Å². The van der Waals surface area contributed by atoms with Gasteiger partial charge in [-0.1, -0.05) is 25.1 Å². The quantitative estimate of drug-likeness (QED) is 0.904. The van der Waals surface area contributed by atoms with E-state index >= 15 is 0 Å². The van der Waals surface area contributed by atoms with Crippen molar-refractivity contribution in [3.8, 4) is 0 Å². The summed E-state index contributed by atoms with van der Waals surface area (Å²) in [5.74, 6) is 0. The van der Waals surface area contributed by atoms with Gasteiger partial charge in [0, 0.05) is 30.6 Å². The average molecular weight is 274 g/mol. The van der Waals surface area contributed by atoms with Crippen LogP contribution in [0.15, 0.2) is 18.3 Å². The van der Waals surface area contributed by atoms with Gasteiger partial charge >= 0.3 is 0 Å². The molecule has 2 aromatic heterocycles. The van der Waals surface area contributed by atoms with Crippen molar-refractivity contribution in [1.29, 1.82) is 0 Å². The Morgan fingerprint density at radius 1 is 1.25 bits per heavy atom. The van der Waals surface area contributed by atoms with Crippen LogP contribution in [0.25, 0.3) is 0 Å². The molecule has 0 saturated carbocycles. The lowest BCUT2D eigenvalue weighted by atomic mass is 9.89. The van der Waals surface area contributed by atoms with Crippen molar-refractivity contribution in [2.24, 2.45) is 5.41 Å². The highest BCUT2D eigenvalue weighted by atomic mass is 16.3. The van der Waals surface area contributed by atoms with Crippen molar-refractivity contribution >= 4 is 0 Å². The first-order valence-corrected chi connectivity index (χ1v) is 6.83. The van der Waals surface area contributed by atoms with Gasteiger partial charge in [0.1, 0.15) is 0 Å². The highest BCUT2D eigenvalue weighted by Gasteiger charge is 2.19. The van der Waals surface area contributed by atoms with E-state index in [9.17, 15) is 5.11 Å². The SMILES string of the molecule is Cc1ccc(Cn2cc(CC(C)(C)CO)nn2)c(C)n1. The molecule has 0 radical (unpaired) electrons. The van der Waals surface area contributed by atoms with E-state index in [1.807, 2.05) is 44.6 Å². The van der Waals surface area contributed by atoms with Crippen LogP contribution in [0.1, 0.15) is 36.5 Å². The molecule has 0 aliphatic rings. The van der Waals surface area contributed by atoms with E-state index in [4.69, 9.17) is 0 Å². The van der Waals surface area contributed by atoms with Crippen LogP contribution < -0.4 is 0 Å². The summed E-state index contributed by atoms with van der Waals surface area (Å²) in [7, 11) is 0. The largest absolute Gasteiger partial charge is 0.396 e. The fourth-order valence-corrected chi connectivity index (χ4v) is 2.10. The maximum atomic E-state index is 9.30. The van der Waals surface area contributed by atoms with Gasteiger partial charge in [-0.15, -0.1) is 5.10 Å². The fraction of sp³-hybridized carbons (Fsp3) is 0.533. The van der Waals surface area contributed by atoms with Gasteiger partial charge in [-0.25, -0.2) is 4.68 Å². The van der Waals surface area contributed by atoms with Crippen LogP contribution in [0.5, 0.6) is 0 Å². The number of hydrogen-bond donors (Lipinski definition) is 1. The normalized spacial score (nSPS) is 11.8. The van der Waals surface area contributed by atoms with E-state index in [2.05, 4.69) is 21.4 Å². The Labute approximate surface area is 119 Å². The molecule has 0 atom stereocenters. The third-order valence-electron chi connectivity index (χ3n) is 3.34. The van der Waals surface area contributed by atoms with Crippen molar-refractivity contribution in [2.75, 3.05) is 6.61 Å². The minimum Gasteiger partial charge on any atom is -0.396 e. The first-order valence-electron chi connectivity index (χ1n) is 6.83. The first-order chi connectivity index (χ1) is 9.39. The van der Waals surface area contributed by atoms with Gasteiger partial charge in [0.15, 0.2) is 0 Å². The van der Waals surface area contributed by atoms with Crippen molar-refractivity contribution < 1.29 is 5.11 Å². The molecule has 0 aliphatic carbocycles. The molecular weight excluding hydrogens is 252 g/mol. The summed E-state index contributed by atoms with van der Waals surface area (Å²) in [6, 6.07) is 4.09. The highest BCUT2D eigenvalue weighted by molar-refractivity contribution is 5.21. The standard InChI is InChI=1S/C15H22N4O/c1-11-5-6-13(12(2)16-11)8-19-9-14(17-18-19)7-15(3,4)10-20/h5-6,9,20H,7-8,10H2,1-4H3. The van der Waals surface area contributed by atoms with E-state index in [-0.39, 0.29) is 12.0 Å². The van der Waals surface area contributed by atoms with Crippen LogP contribution in [0.2, 0.25) is 0 Å². The summed E-state index contributed by atoms with van der Waals surface area (Å²) in [6.45, 7) is 8.84. The molecule has 0 saturated heterocycles. The topological polar surface area (TPSA) is 63.8 Å². The monoisotopic (exact) mass is 274 g/mol. The summed E-state index contributed by atoms with van der Waals surface area (Å²) in [5.41, 5.74) is 3.94. The smallest absolute Gasteiger partial charge is 0.0833 e. The molecule has 0 bridgehead atoms. The summed E-state index contributed by atoms with van der Waals surface area (Å²) in [6.07, 6.45) is 2.66. The zero-order valence-electron chi connectivity index (χ0n) is 12.6. The third-order valence-corrected chi connectivity index (χ3v) is 3.34. The number of aliphatic hydroxyl groups is 1. The molecule has 20 heavy (non-hydrogen) atoms. The van der Waals surface area contributed by atoms with Gasteiger partial charge in [-0.05, 0) is 30.9 Å². The van der Waals surface area contributed by atoms with Crippen molar-refractivity contribution in [1.82, 2.24) is 20.0 Å². The zero-order chi connectivity index (χ0) is 14.8. The number of aliphatic hydroxyl groups excluding tert-OH is 1. The number of nitrogens with zero attached hydrogens (tertiary/aromatic N) is 4. The number of hydrogen-bond acceptors (Lipinski definition) is 4. The molecule has 0 spiro atoms. The Bertz CT molecular complexity index is 589. The molecule has 5 heteroatoms. The van der Waals surface area contributed by atoms with Gasteiger partial charge in [0.05, 0.1) is 12.2 Å². The van der Waals surface area contributed by atoms with Crippen molar-refractivity contribution in [2.45, 2.75) is 40.7 Å². The molecule has 2 heterocycles. The average Bonchev–Trinajstić information content (AvgIpc) is 2.79. The minimum atomic E-state index is -0.164.